The Morgan fingerprint density at radius 2 is 1.45 bits per heavy atom. The third kappa shape index (κ3) is 1.60. The Morgan fingerprint density at radius 1 is 1.00 bits per heavy atom. The number of halogens is 1. The lowest BCUT2D eigenvalue weighted by atomic mass is 10.1. The second-order valence-electron chi connectivity index (χ2n) is 2.02. The maximum atomic E-state index is 12.6. The van der Waals surface area contributed by atoms with E-state index in [2.05, 4.69) is 11.8 Å². The van der Waals surface area contributed by atoms with Gasteiger partial charge in [-0.25, -0.2) is 4.39 Å². The summed E-state index contributed by atoms with van der Waals surface area (Å²) < 4.78 is 12.6. The fourth-order valence-electron chi connectivity index (χ4n) is 0.756. The summed E-state index contributed by atoms with van der Waals surface area (Å²) in [5.74, 6) is 4.22. The fourth-order valence-corrected chi connectivity index (χ4v) is 0.756. The van der Waals surface area contributed by atoms with Crippen LogP contribution in [0.15, 0.2) is 18.2 Å². The Balaban J connectivity index is 3.28. The first-order valence-corrected chi connectivity index (χ1v) is 3.00. The monoisotopic (exact) mass is 144 g/mol. The average molecular weight is 144 g/mol. The molecule has 0 bridgehead atoms. The van der Waals surface area contributed by atoms with E-state index in [1.54, 1.807) is 6.07 Å². The van der Waals surface area contributed by atoms with Crippen LogP contribution < -0.4 is 0 Å². The van der Waals surface area contributed by atoms with Gasteiger partial charge in [0.1, 0.15) is 5.82 Å². The summed E-state index contributed by atoms with van der Waals surface area (Å²) in [5.41, 5.74) is 0.941. The Morgan fingerprint density at radius 3 is 1.82 bits per heavy atom. The summed E-state index contributed by atoms with van der Waals surface area (Å²) in [7, 11) is 0. The summed E-state index contributed by atoms with van der Waals surface area (Å²) in [4.78, 5) is 0. The van der Waals surface area contributed by atoms with Crippen molar-refractivity contribution in [3.63, 3.8) is 0 Å². The molecule has 0 saturated heterocycles. The van der Waals surface area contributed by atoms with Crippen molar-refractivity contribution in [2.75, 3.05) is 0 Å². The zero-order valence-corrected chi connectivity index (χ0v) is 5.76. The number of terminal acetylenes is 2. The van der Waals surface area contributed by atoms with Crippen molar-refractivity contribution in [1.82, 2.24) is 0 Å². The minimum atomic E-state index is -0.395. The second kappa shape index (κ2) is 2.90. The van der Waals surface area contributed by atoms with Crippen molar-refractivity contribution < 1.29 is 4.39 Å². The SMILES string of the molecule is C#Cc1cc(F)cc(C#C)c1. The van der Waals surface area contributed by atoms with Crippen LogP contribution >= 0.6 is 0 Å². The van der Waals surface area contributed by atoms with Gasteiger partial charge in [0.15, 0.2) is 0 Å². The molecule has 1 aromatic carbocycles. The van der Waals surface area contributed by atoms with Gasteiger partial charge < -0.3 is 0 Å². The molecular weight excluding hydrogens is 139 g/mol. The topological polar surface area (TPSA) is 0 Å². The van der Waals surface area contributed by atoms with E-state index in [0.717, 1.165) is 0 Å². The molecule has 52 valence electrons. The maximum absolute atomic E-state index is 12.6. The molecule has 0 aliphatic carbocycles. The molecule has 0 nitrogen and oxygen atoms in total. The van der Waals surface area contributed by atoms with Crippen molar-refractivity contribution >= 4 is 0 Å². The van der Waals surface area contributed by atoms with Gasteiger partial charge in [-0.05, 0) is 18.2 Å². The van der Waals surface area contributed by atoms with Crippen LogP contribution in [0.4, 0.5) is 4.39 Å². The van der Waals surface area contributed by atoms with E-state index in [0.29, 0.717) is 11.1 Å². The Labute approximate surface area is 65.1 Å². The first-order chi connectivity index (χ1) is 5.26. The van der Waals surface area contributed by atoms with Crippen LogP contribution in [0.1, 0.15) is 11.1 Å². The highest BCUT2D eigenvalue weighted by molar-refractivity contribution is 5.42. The first kappa shape index (κ1) is 7.38. The van der Waals surface area contributed by atoms with Gasteiger partial charge >= 0.3 is 0 Å². The average Bonchev–Trinajstić information content (AvgIpc) is 2.03. The largest absolute Gasteiger partial charge is 0.207 e. The van der Waals surface area contributed by atoms with Gasteiger partial charge in [0, 0.05) is 11.1 Å². The zero-order chi connectivity index (χ0) is 8.27. The molecular formula is C10H5F. The molecule has 0 aliphatic heterocycles. The molecule has 11 heavy (non-hydrogen) atoms. The van der Waals surface area contributed by atoms with Crippen LogP contribution in [0.5, 0.6) is 0 Å². The van der Waals surface area contributed by atoms with Crippen LogP contribution in [0.2, 0.25) is 0 Å². The molecule has 0 aliphatic rings. The van der Waals surface area contributed by atoms with Gasteiger partial charge in [0.2, 0.25) is 0 Å². The van der Waals surface area contributed by atoms with E-state index >= 15 is 0 Å². The Hall–Kier alpha value is -1.73. The number of benzene rings is 1. The summed E-state index contributed by atoms with van der Waals surface area (Å²) >= 11 is 0. The van der Waals surface area contributed by atoms with E-state index in [9.17, 15) is 4.39 Å². The molecule has 1 heteroatoms. The van der Waals surface area contributed by atoms with Crippen LogP contribution in [0.3, 0.4) is 0 Å². The van der Waals surface area contributed by atoms with E-state index in [1.807, 2.05) is 0 Å². The summed E-state index contributed by atoms with van der Waals surface area (Å²) in [6.45, 7) is 0. The normalized spacial score (nSPS) is 8.27. The Kier molecular flexibility index (Phi) is 1.95. The fraction of sp³-hybridized carbons (Fsp3) is 0. The molecule has 0 N–H and O–H groups in total. The van der Waals surface area contributed by atoms with E-state index < -0.39 is 5.82 Å². The number of hydrogen-bond acceptors (Lipinski definition) is 0. The smallest absolute Gasteiger partial charge is 0.125 e. The molecule has 0 atom stereocenters. The maximum Gasteiger partial charge on any atom is 0.125 e. The van der Waals surface area contributed by atoms with E-state index in [4.69, 9.17) is 12.8 Å². The van der Waals surface area contributed by atoms with Crippen molar-refractivity contribution in [2.24, 2.45) is 0 Å². The van der Waals surface area contributed by atoms with Crippen molar-refractivity contribution in [3.05, 3.63) is 35.1 Å². The molecule has 1 rings (SSSR count). The molecule has 0 spiro atoms. The van der Waals surface area contributed by atoms with E-state index in [1.165, 1.54) is 12.1 Å². The van der Waals surface area contributed by atoms with E-state index in [-0.39, 0.29) is 0 Å². The highest BCUT2D eigenvalue weighted by atomic mass is 19.1. The highest BCUT2D eigenvalue weighted by Gasteiger charge is 1.95. The molecule has 0 fully saturated rings. The van der Waals surface area contributed by atoms with Gasteiger partial charge in [-0.1, -0.05) is 11.8 Å². The molecule has 1 aromatic rings. The summed E-state index contributed by atoms with van der Waals surface area (Å²) in [6, 6.07) is 4.12. The van der Waals surface area contributed by atoms with Crippen LogP contribution in [-0.4, -0.2) is 0 Å². The standard InChI is InChI=1S/C10H5F/c1-3-8-5-9(4-2)7-10(11)6-8/h1-2,5-7H. The Bertz CT molecular complexity index is 318. The zero-order valence-electron chi connectivity index (χ0n) is 5.76. The third-order valence-electron chi connectivity index (χ3n) is 1.23. The predicted molar refractivity (Wildman–Crippen MR) is 42.3 cm³/mol. The lowest BCUT2D eigenvalue weighted by molar-refractivity contribution is 0.627. The minimum Gasteiger partial charge on any atom is -0.207 e. The third-order valence-corrected chi connectivity index (χ3v) is 1.23. The molecule has 0 radical (unpaired) electrons. The van der Waals surface area contributed by atoms with Gasteiger partial charge in [0.05, 0.1) is 0 Å². The second-order valence-corrected chi connectivity index (χ2v) is 2.02. The predicted octanol–water partition coefficient (Wildman–Crippen LogP) is 1.79. The molecule has 0 amide bonds. The number of rotatable bonds is 0. The molecule has 0 heterocycles. The van der Waals surface area contributed by atoms with Crippen LogP contribution in [0.25, 0.3) is 0 Å². The quantitative estimate of drug-likeness (QED) is 0.487. The lowest BCUT2D eigenvalue weighted by Crippen LogP contribution is -1.82. The lowest BCUT2D eigenvalue weighted by Gasteiger charge is -1.93. The molecule has 0 unspecified atom stereocenters. The minimum absolute atomic E-state index is 0.395. The van der Waals surface area contributed by atoms with Crippen molar-refractivity contribution in [2.45, 2.75) is 0 Å². The first-order valence-electron chi connectivity index (χ1n) is 3.00. The van der Waals surface area contributed by atoms with Crippen molar-refractivity contribution in [1.29, 1.82) is 0 Å². The van der Waals surface area contributed by atoms with Crippen LogP contribution in [0, 0.1) is 30.5 Å². The van der Waals surface area contributed by atoms with Gasteiger partial charge in [-0.3, -0.25) is 0 Å². The molecule has 0 aromatic heterocycles. The summed E-state index contributed by atoms with van der Waals surface area (Å²) in [5, 5.41) is 0. The number of hydrogen-bond donors (Lipinski definition) is 0. The van der Waals surface area contributed by atoms with Crippen molar-refractivity contribution in [3.8, 4) is 24.7 Å². The van der Waals surface area contributed by atoms with Gasteiger partial charge in [-0.2, -0.15) is 0 Å². The van der Waals surface area contributed by atoms with Gasteiger partial charge in [-0.15, -0.1) is 12.8 Å². The highest BCUT2D eigenvalue weighted by Crippen LogP contribution is 2.06. The van der Waals surface area contributed by atoms with Gasteiger partial charge in [0.25, 0.3) is 0 Å². The van der Waals surface area contributed by atoms with Crippen LogP contribution in [-0.2, 0) is 0 Å². The summed E-state index contributed by atoms with van der Waals surface area (Å²) in [6.07, 6.45) is 10.1. The molecule has 0 saturated carbocycles.